The van der Waals surface area contributed by atoms with Crippen LogP contribution in [-0.2, 0) is 11.9 Å². The summed E-state index contributed by atoms with van der Waals surface area (Å²) in [5.41, 5.74) is 3.01. The van der Waals surface area contributed by atoms with E-state index < -0.39 is 28.6 Å². The Morgan fingerprint density at radius 2 is 1.78 bits per heavy atom. The average molecular weight is 615 g/mol. The minimum Gasteiger partial charge on any atom is -0.396 e. The Bertz CT molecular complexity index is 1300. The number of carbonyl (C=O) groups is 2. The summed E-state index contributed by atoms with van der Waals surface area (Å²) in [6.07, 6.45) is -3.58. The molecule has 0 saturated carbocycles. The van der Waals surface area contributed by atoms with Crippen molar-refractivity contribution in [1.29, 1.82) is 0 Å². The summed E-state index contributed by atoms with van der Waals surface area (Å²) >= 11 is 10.5. The fourth-order valence-electron chi connectivity index (χ4n) is 3.08. The maximum Gasteiger partial charge on any atom is 0.417 e. The van der Waals surface area contributed by atoms with Crippen LogP contribution < -0.4 is 10.7 Å². The van der Waals surface area contributed by atoms with Crippen LogP contribution in [0.25, 0.3) is 0 Å². The predicted molar refractivity (Wildman–Crippen MR) is 143 cm³/mol. The lowest BCUT2D eigenvalue weighted by molar-refractivity contribution is -0.137. The van der Waals surface area contributed by atoms with Crippen LogP contribution in [0.15, 0.2) is 70.2 Å². The van der Waals surface area contributed by atoms with Gasteiger partial charge in [0.15, 0.2) is 0 Å². The highest BCUT2D eigenvalue weighted by molar-refractivity contribution is 9.10. The van der Waals surface area contributed by atoms with Crippen LogP contribution in [0.5, 0.6) is 0 Å². The van der Waals surface area contributed by atoms with E-state index in [2.05, 4.69) is 31.8 Å². The third kappa shape index (κ3) is 8.32. The van der Waals surface area contributed by atoms with Crippen molar-refractivity contribution >= 4 is 63.0 Å². The number of anilines is 1. The SMILES string of the molecule is O=C(Nc1ccc(Br)cc1C(=O)NN=Cc1ccc(Cl)c(C(F)(F)F)c1)c1ccc(CSCCO)cc1. The molecule has 12 heteroatoms. The number of nitrogens with one attached hydrogen (secondary N) is 2. The van der Waals surface area contributed by atoms with E-state index >= 15 is 0 Å². The van der Waals surface area contributed by atoms with Crippen molar-refractivity contribution in [3.05, 3.63) is 98.0 Å². The number of alkyl halides is 3. The topological polar surface area (TPSA) is 90.8 Å². The van der Waals surface area contributed by atoms with Crippen LogP contribution in [0.3, 0.4) is 0 Å². The Morgan fingerprint density at radius 3 is 2.46 bits per heavy atom. The van der Waals surface area contributed by atoms with Crippen LogP contribution >= 0.6 is 39.3 Å². The van der Waals surface area contributed by atoms with Gasteiger partial charge in [-0.2, -0.15) is 30.0 Å². The fraction of sp³-hybridized carbons (Fsp3) is 0.160. The molecule has 0 bridgehead atoms. The molecule has 0 aliphatic heterocycles. The quantitative estimate of drug-likeness (QED) is 0.149. The molecule has 0 unspecified atom stereocenters. The van der Waals surface area contributed by atoms with Gasteiger partial charge in [-0.1, -0.05) is 45.7 Å². The number of nitrogens with zero attached hydrogens (tertiary/aromatic N) is 1. The summed E-state index contributed by atoms with van der Waals surface area (Å²) in [4.78, 5) is 25.5. The molecule has 0 spiro atoms. The first-order valence-electron chi connectivity index (χ1n) is 10.7. The zero-order chi connectivity index (χ0) is 27.0. The first-order valence-corrected chi connectivity index (χ1v) is 13.0. The first kappa shape index (κ1) is 28.7. The number of hydrazone groups is 1. The van der Waals surface area contributed by atoms with Gasteiger partial charge in [0.05, 0.1) is 34.7 Å². The molecular weight excluding hydrogens is 595 g/mol. The number of rotatable bonds is 9. The van der Waals surface area contributed by atoms with Crippen LogP contribution in [0, 0.1) is 0 Å². The summed E-state index contributed by atoms with van der Waals surface area (Å²) in [5, 5.41) is 14.9. The van der Waals surface area contributed by atoms with Gasteiger partial charge in [0.1, 0.15) is 0 Å². The smallest absolute Gasteiger partial charge is 0.396 e. The Labute approximate surface area is 228 Å². The Balaban J connectivity index is 1.71. The van der Waals surface area contributed by atoms with Crippen molar-refractivity contribution in [3.63, 3.8) is 0 Å². The molecule has 3 N–H and O–H groups in total. The molecule has 194 valence electrons. The third-order valence-corrected chi connectivity index (χ3v) is 6.70. The van der Waals surface area contributed by atoms with Gasteiger partial charge in [0, 0.05) is 21.5 Å². The molecule has 0 radical (unpaired) electrons. The molecule has 0 aliphatic carbocycles. The van der Waals surface area contributed by atoms with Crippen molar-refractivity contribution in [1.82, 2.24) is 5.43 Å². The van der Waals surface area contributed by atoms with E-state index in [4.69, 9.17) is 16.7 Å². The van der Waals surface area contributed by atoms with Gasteiger partial charge in [-0.15, -0.1) is 0 Å². The van der Waals surface area contributed by atoms with Crippen LogP contribution in [0.4, 0.5) is 18.9 Å². The summed E-state index contributed by atoms with van der Waals surface area (Å²) in [6, 6.07) is 14.8. The first-order chi connectivity index (χ1) is 17.6. The lowest BCUT2D eigenvalue weighted by atomic mass is 10.1. The van der Waals surface area contributed by atoms with Gasteiger partial charge in [-0.05, 0) is 53.6 Å². The zero-order valence-electron chi connectivity index (χ0n) is 19.0. The fourth-order valence-corrected chi connectivity index (χ4v) is 4.37. The zero-order valence-corrected chi connectivity index (χ0v) is 22.1. The minimum atomic E-state index is -4.63. The van der Waals surface area contributed by atoms with Gasteiger partial charge in [0.25, 0.3) is 11.8 Å². The molecule has 3 rings (SSSR count). The second kappa shape index (κ2) is 13.1. The second-order valence-electron chi connectivity index (χ2n) is 7.55. The van der Waals surface area contributed by atoms with E-state index in [0.717, 1.165) is 23.9 Å². The predicted octanol–water partition coefficient (Wildman–Crippen LogP) is 6.36. The van der Waals surface area contributed by atoms with Crippen molar-refractivity contribution in [2.75, 3.05) is 17.7 Å². The third-order valence-electron chi connectivity index (χ3n) is 4.87. The molecule has 0 atom stereocenters. The van der Waals surface area contributed by atoms with Crippen molar-refractivity contribution in [2.24, 2.45) is 5.10 Å². The largest absolute Gasteiger partial charge is 0.417 e. The number of benzene rings is 3. The highest BCUT2D eigenvalue weighted by Gasteiger charge is 2.33. The monoisotopic (exact) mass is 613 g/mol. The summed E-state index contributed by atoms with van der Waals surface area (Å²) < 4.78 is 39.7. The second-order valence-corrected chi connectivity index (χ2v) is 9.98. The van der Waals surface area contributed by atoms with Crippen LogP contribution in [-0.4, -0.2) is 35.5 Å². The molecule has 0 heterocycles. The standard InChI is InChI=1S/C25H20BrClF3N3O3S/c26-18-6-8-22(32-23(35)17-4-1-15(2-5-17)14-37-10-9-34)19(12-18)24(36)33-31-13-16-3-7-21(27)20(11-16)25(28,29)30/h1-8,11-13,34H,9-10,14H2,(H,32,35)(H,33,36). The molecule has 0 saturated heterocycles. The number of thioether (sulfide) groups is 1. The number of hydrogen-bond acceptors (Lipinski definition) is 5. The van der Waals surface area contributed by atoms with Crippen molar-refractivity contribution < 1.29 is 27.9 Å². The Hall–Kier alpha value is -2.86. The maximum atomic E-state index is 13.0. The van der Waals surface area contributed by atoms with Gasteiger partial charge >= 0.3 is 6.18 Å². The maximum absolute atomic E-state index is 13.0. The Morgan fingerprint density at radius 1 is 1.05 bits per heavy atom. The van der Waals surface area contributed by atoms with Gasteiger partial charge in [-0.3, -0.25) is 9.59 Å². The normalized spacial score (nSPS) is 11.5. The van der Waals surface area contributed by atoms with Gasteiger partial charge in [-0.25, -0.2) is 5.43 Å². The molecule has 37 heavy (non-hydrogen) atoms. The highest BCUT2D eigenvalue weighted by atomic mass is 79.9. The van der Waals surface area contributed by atoms with Crippen molar-refractivity contribution in [2.45, 2.75) is 11.9 Å². The van der Waals surface area contributed by atoms with Gasteiger partial charge < -0.3 is 10.4 Å². The number of amides is 2. The highest BCUT2D eigenvalue weighted by Crippen LogP contribution is 2.34. The summed E-state index contributed by atoms with van der Waals surface area (Å²) in [7, 11) is 0. The molecular formula is C25H20BrClF3N3O3S. The molecule has 3 aromatic rings. The average Bonchev–Trinajstić information content (AvgIpc) is 2.86. The molecule has 0 aliphatic rings. The van der Waals surface area contributed by atoms with Crippen molar-refractivity contribution in [3.8, 4) is 0 Å². The van der Waals surface area contributed by atoms with E-state index in [-0.39, 0.29) is 23.4 Å². The summed E-state index contributed by atoms with van der Waals surface area (Å²) in [5.74, 6) is 0.201. The lowest BCUT2D eigenvalue weighted by Crippen LogP contribution is -2.21. The van der Waals surface area contributed by atoms with E-state index in [1.165, 1.54) is 18.2 Å². The van der Waals surface area contributed by atoms with E-state index in [0.29, 0.717) is 21.5 Å². The number of aliphatic hydroxyl groups excluding tert-OH is 1. The van der Waals surface area contributed by atoms with E-state index in [9.17, 15) is 22.8 Å². The number of aliphatic hydroxyl groups is 1. The Kier molecular flexibility index (Phi) is 10.2. The molecule has 2 amide bonds. The van der Waals surface area contributed by atoms with E-state index in [1.807, 2.05) is 12.1 Å². The van der Waals surface area contributed by atoms with Crippen LogP contribution in [0.1, 0.15) is 37.4 Å². The van der Waals surface area contributed by atoms with Crippen LogP contribution in [0.2, 0.25) is 5.02 Å². The minimum absolute atomic E-state index is 0.0815. The number of carbonyl (C=O) groups excluding carboxylic acids is 2. The number of hydrogen-bond donors (Lipinski definition) is 3. The van der Waals surface area contributed by atoms with Gasteiger partial charge in [0.2, 0.25) is 0 Å². The molecule has 0 aromatic heterocycles. The van der Waals surface area contributed by atoms with E-state index in [1.54, 1.807) is 30.0 Å². The molecule has 3 aromatic carbocycles. The molecule has 6 nitrogen and oxygen atoms in total. The lowest BCUT2D eigenvalue weighted by Gasteiger charge is -2.11. The summed E-state index contributed by atoms with van der Waals surface area (Å²) in [6.45, 7) is 0.0969. The number of halogens is 5. The molecule has 0 fully saturated rings.